The van der Waals surface area contributed by atoms with E-state index in [-0.39, 0.29) is 0 Å². The Morgan fingerprint density at radius 3 is 2.41 bits per heavy atom. The normalized spacial score (nSPS) is 16.0. The van der Waals surface area contributed by atoms with Crippen molar-refractivity contribution in [1.29, 1.82) is 0 Å². The highest BCUT2D eigenvalue weighted by Gasteiger charge is 2.21. The minimum Gasteiger partial charge on any atom is -0.493 e. The van der Waals surface area contributed by atoms with Crippen molar-refractivity contribution in [2.24, 2.45) is 0 Å². The van der Waals surface area contributed by atoms with E-state index in [1.807, 2.05) is 6.07 Å². The number of H-pyrrole nitrogens is 1. The maximum absolute atomic E-state index is 5.45. The summed E-state index contributed by atoms with van der Waals surface area (Å²) in [5, 5.41) is 1.38. The quantitative estimate of drug-likeness (QED) is 0.720. The fourth-order valence-corrected chi connectivity index (χ4v) is 4.18. The third-order valence-corrected chi connectivity index (χ3v) is 5.79. The van der Waals surface area contributed by atoms with E-state index in [9.17, 15) is 0 Å². The van der Waals surface area contributed by atoms with E-state index in [1.54, 1.807) is 14.2 Å². The van der Waals surface area contributed by atoms with Crippen molar-refractivity contribution in [3.8, 4) is 11.5 Å². The maximum atomic E-state index is 5.45. The van der Waals surface area contributed by atoms with Crippen LogP contribution in [0.2, 0.25) is 0 Å². The molecule has 3 aromatic rings. The van der Waals surface area contributed by atoms with Crippen molar-refractivity contribution >= 4 is 10.9 Å². The van der Waals surface area contributed by atoms with Gasteiger partial charge in [-0.15, -0.1) is 0 Å². The van der Waals surface area contributed by atoms with Gasteiger partial charge in [0, 0.05) is 17.1 Å². The molecule has 142 valence electrons. The van der Waals surface area contributed by atoms with Crippen molar-refractivity contribution in [3.63, 3.8) is 0 Å². The summed E-state index contributed by atoms with van der Waals surface area (Å²) >= 11 is 0. The molecule has 0 unspecified atom stereocenters. The van der Waals surface area contributed by atoms with E-state index in [0.29, 0.717) is 5.92 Å². The molecule has 2 aromatic carbocycles. The molecule has 0 bridgehead atoms. The van der Waals surface area contributed by atoms with Crippen LogP contribution in [-0.2, 0) is 6.42 Å². The molecule has 2 heterocycles. The molecule has 4 heteroatoms. The van der Waals surface area contributed by atoms with Gasteiger partial charge in [0.25, 0.3) is 0 Å². The molecule has 1 fully saturated rings. The first-order valence-corrected chi connectivity index (χ1v) is 9.67. The molecule has 4 rings (SSSR count). The molecule has 4 nitrogen and oxygen atoms in total. The Hall–Kier alpha value is -2.46. The third kappa shape index (κ3) is 3.67. The van der Waals surface area contributed by atoms with Crippen LogP contribution < -0.4 is 9.47 Å². The number of nitrogens with zero attached hydrogens (tertiary/aromatic N) is 1. The van der Waals surface area contributed by atoms with Gasteiger partial charge in [0.1, 0.15) is 0 Å². The molecule has 1 saturated heterocycles. The van der Waals surface area contributed by atoms with E-state index in [4.69, 9.17) is 9.47 Å². The second-order valence-electron chi connectivity index (χ2n) is 7.57. The number of fused-ring (bicyclic) bond motifs is 1. The number of piperidine rings is 1. The number of aromatic amines is 1. The number of benzene rings is 2. The summed E-state index contributed by atoms with van der Waals surface area (Å²) in [5.41, 5.74) is 5.26. The molecule has 0 atom stereocenters. The minimum atomic E-state index is 0.659. The molecule has 1 aliphatic heterocycles. The summed E-state index contributed by atoms with van der Waals surface area (Å²) in [6.45, 7) is 2.37. The Labute approximate surface area is 161 Å². The summed E-state index contributed by atoms with van der Waals surface area (Å²) in [4.78, 5) is 5.90. The van der Waals surface area contributed by atoms with Gasteiger partial charge < -0.3 is 19.4 Å². The monoisotopic (exact) mass is 364 g/mol. The van der Waals surface area contributed by atoms with Crippen LogP contribution in [0.3, 0.4) is 0 Å². The largest absolute Gasteiger partial charge is 0.493 e. The Morgan fingerprint density at radius 2 is 1.67 bits per heavy atom. The Kier molecular flexibility index (Phi) is 5.08. The topological polar surface area (TPSA) is 37.5 Å². The van der Waals surface area contributed by atoms with E-state index >= 15 is 0 Å². The molecule has 1 N–H and O–H groups in total. The lowest BCUT2D eigenvalue weighted by atomic mass is 9.89. The molecule has 1 aromatic heterocycles. The second kappa shape index (κ2) is 7.65. The molecule has 0 radical (unpaired) electrons. The van der Waals surface area contributed by atoms with Gasteiger partial charge in [-0.25, -0.2) is 0 Å². The summed E-state index contributed by atoms with van der Waals surface area (Å²) < 4.78 is 10.8. The van der Waals surface area contributed by atoms with Gasteiger partial charge in [0.05, 0.1) is 14.2 Å². The van der Waals surface area contributed by atoms with Crippen LogP contribution in [0.15, 0.2) is 42.6 Å². The fraction of sp³-hybridized carbons (Fsp3) is 0.391. The SMILES string of the molecule is COc1ccc(Cc2ccc3[nH]cc(C4CCN(C)CC4)c3c2)cc1OC. The fourth-order valence-electron chi connectivity index (χ4n) is 4.18. The van der Waals surface area contributed by atoms with E-state index < -0.39 is 0 Å². The van der Waals surface area contributed by atoms with Crippen LogP contribution in [0, 0.1) is 0 Å². The van der Waals surface area contributed by atoms with Crippen molar-refractivity contribution in [2.75, 3.05) is 34.4 Å². The Morgan fingerprint density at radius 1 is 0.963 bits per heavy atom. The molecular formula is C23H28N2O2. The molecule has 0 aliphatic carbocycles. The lowest BCUT2D eigenvalue weighted by Crippen LogP contribution is -2.29. The number of hydrogen-bond donors (Lipinski definition) is 1. The van der Waals surface area contributed by atoms with Crippen molar-refractivity contribution in [1.82, 2.24) is 9.88 Å². The van der Waals surface area contributed by atoms with Gasteiger partial charge in [-0.1, -0.05) is 12.1 Å². The number of hydrogen-bond acceptors (Lipinski definition) is 3. The number of rotatable bonds is 5. The van der Waals surface area contributed by atoms with Crippen LogP contribution in [0.5, 0.6) is 11.5 Å². The van der Waals surface area contributed by atoms with Gasteiger partial charge >= 0.3 is 0 Å². The van der Waals surface area contributed by atoms with Gasteiger partial charge in [-0.3, -0.25) is 0 Å². The van der Waals surface area contributed by atoms with Crippen LogP contribution in [0.4, 0.5) is 0 Å². The summed E-state index contributed by atoms with van der Waals surface area (Å²) in [5.74, 6) is 2.21. The lowest BCUT2D eigenvalue weighted by Gasteiger charge is -2.28. The highest BCUT2D eigenvalue weighted by Crippen LogP contribution is 2.34. The van der Waals surface area contributed by atoms with Gasteiger partial charge in [0.15, 0.2) is 11.5 Å². The number of ether oxygens (including phenoxy) is 2. The average molecular weight is 364 g/mol. The number of nitrogens with one attached hydrogen (secondary N) is 1. The van der Waals surface area contributed by atoms with Crippen molar-refractivity contribution in [3.05, 3.63) is 59.3 Å². The Bertz CT molecular complexity index is 923. The zero-order chi connectivity index (χ0) is 18.8. The van der Waals surface area contributed by atoms with Crippen LogP contribution in [-0.4, -0.2) is 44.2 Å². The number of methoxy groups -OCH3 is 2. The third-order valence-electron chi connectivity index (χ3n) is 5.79. The predicted octanol–water partition coefficient (Wildman–Crippen LogP) is 4.59. The van der Waals surface area contributed by atoms with Gasteiger partial charge in [0.2, 0.25) is 0 Å². The van der Waals surface area contributed by atoms with E-state index in [1.165, 1.54) is 53.5 Å². The first kappa shape index (κ1) is 17.9. The summed E-state index contributed by atoms with van der Waals surface area (Å²) in [7, 11) is 5.57. The summed E-state index contributed by atoms with van der Waals surface area (Å²) in [6.07, 6.45) is 5.59. The maximum Gasteiger partial charge on any atom is 0.160 e. The van der Waals surface area contributed by atoms with Crippen molar-refractivity contribution in [2.45, 2.75) is 25.2 Å². The highest BCUT2D eigenvalue weighted by molar-refractivity contribution is 5.84. The zero-order valence-electron chi connectivity index (χ0n) is 16.4. The molecule has 27 heavy (non-hydrogen) atoms. The number of likely N-dealkylation sites (tertiary alicyclic amines) is 1. The second-order valence-corrected chi connectivity index (χ2v) is 7.57. The summed E-state index contributed by atoms with van der Waals surface area (Å²) in [6, 6.07) is 12.9. The molecule has 0 saturated carbocycles. The zero-order valence-corrected chi connectivity index (χ0v) is 16.4. The van der Waals surface area contributed by atoms with Crippen molar-refractivity contribution < 1.29 is 9.47 Å². The minimum absolute atomic E-state index is 0.659. The smallest absolute Gasteiger partial charge is 0.160 e. The first-order valence-electron chi connectivity index (χ1n) is 9.67. The number of aromatic nitrogens is 1. The van der Waals surface area contributed by atoms with Crippen LogP contribution in [0.25, 0.3) is 10.9 Å². The first-order chi connectivity index (χ1) is 13.2. The van der Waals surface area contributed by atoms with E-state index in [2.05, 4.69) is 53.5 Å². The Balaban J connectivity index is 1.60. The molecular weight excluding hydrogens is 336 g/mol. The highest BCUT2D eigenvalue weighted by atomic mass is 16.5. The standard InChI is InChI=1S/C23H28N2O2/c1-25-10-8-18(9-11-25)20-15-24-21-6-4-16(13-19(20)21)12-17-5-7-22(26-2)23(14-17)27-3/h4-7,13-15,18,24H,8-12H2,1-3H3. The molecule has 1 aliphatic rings. The van der Waals surface area contributed by atoms with Gasteiger partial charge in [-0.05, 0) is 86.3 Å². The van der Waals surface area contributed by atoms with Gasteiger partial charge in [-0.2, -0.15) is 0 Å². The van der Waals surface area contributed by atoms with E-state index in [0.717, 1.165) is 17.9 Å². The predicted molar refractivity (Wildman–Crippen MR) is 110 cm³/mol. The average Bonchev–Trinajstić information content (AvgIpc) is 3.11. The van der Waals surface area contributed by atoms with Crippen LogP contribution >= 0.6 is 0 Å². The van der Waals surface area contributed by atoms with Crippen LogP contribution in [0.1, 0.15) is 35.4 Å². The lowest BCUT2D eigenvalue weighted by molar-refractivity contribution is 0.256. The molecule has 0 spiro atoms. The molecule has 0 amide bonds.